The number of carbonyl (C=O) groups is 1. The summed E-state index contributed by atoms with van der Waals surface area (Å²) >= 11 is 0. The van der Waals surface area contributed by atoms with Gasteiger partial charge in [-0.1, -0.05) is 54.6 Å². The number of benzene rings is 2. The number of nitrogens with two attached hydrogens (primary N) is 1. The van der Waals surface area contributed by atoms with Gasteiger partial charge in [0.05, 0.1) is 12.0 Å². The first-order chi connectivity index (χ1) is 12.0. The van der Waals surface area contributed by atoms with Crippen molar-refractivity contribution in [2.45, 2.75) is 39.0 Å². The van der Waals surface area contributed by atoms with E-state index in [1.807, 2.05) is 25.1 Å². The molecular weight excluding hydrogens is 314 g/mol. The van der Waals surface area contributed by atoms with E-state index >= 15 is 0 Å². The third-order valence-corrected chi connectivity index (χ3v) is 4.67. The van der Waals surface area contributed by atoms with Crippen molar-refractivity contribution in [3.8, 4) is 11.1 Å². The summed E-state index contributed by atoms with van der Waals surface area (Å²) < 4.78 is 10.7. The van der Waals surface area contributed by atoms with Crippen molar-refractivity contribution < 1.29 is 14.3 Å². The van der Waals surface area contributed by atoms with Crippen molar-refractivity contribution in [2.75, 3.05) is 6.61 Å². The number of rotatable bonds is 5. The molecule has 2 aromatic rings. The van der Waals surface area contributed by atoms with Gasteiger partial charge in [0.2, 0.25) is 0 Å². The smallest absolute Gasteiger partial charge is 0.316 e. The molecule has 3 rings (SSSR count). The van der Waals surface area contributed by atoms with E-state index in [4.69, 9.17) is 15.2 Å². The molecule has 4 nitrogen and oxygen atoms in total. The van der Waals surface area contributed by atoms with Crippen LogP contribution in [0.2, 0.25) is 0 Å². The molecule has 4 heteroatoms. The quantitative estimate of drug-likeness (QED) is 0.847. The van der Waals surface area contributed by atoms with Crippen LogP contribution in [0.1, 0.15) is 25.8 Å². The molecule has 0 saturated carbocycles. The average molecular weight is 339 g/mol. The highest BCUT2D eigenvalue weighted by Gasteiger charge is 2.41. The predicted octanol–water partition coefficient (Wildman–Crippen LogP) is 3.54. The van der Waals surface area contributed by atoms with E-state index in [0.29, 0.717) is 19.4 Å². The lowest BCUT2D eigenvalue weighted by molar-refractivity contribution is -0.219. The summed E-state index contributed by atoms with van der Waals surface area (Å²) in [4.78, 5) is 12.2. The third kappa shape index (κ3) is 4.27. The number of esters is 1. The van der Waals surface area contributed by atoms with Crippen LogP contribution in [0.3, 0.4) is 0 Å². The molecule has 1 aliphatic rings. The van der Waals surface area contributed by atoms with Crippen molar-refractivity contribution in [1.29, 1.82) is 0 Å². The summed E-state index contributed by atoms with van der Waals surface area (Å²) in [7, 11) is 0. The van der Waals surface area contributed by atoms with Gasteiger partial charge in [-0.05, 0) is 43.4 Å². The second-order valence-corrected chi connectivity index (χ2v) is 7.08. The zero-order valence-electron chi connectivity index (χ0n) is 14.8. The lowest BCUT2D eigenvalue weighted by Crippen LogP contribution is -2.46. The van der Waals surface area contributed by atoms with Crippen molar-refractivity contribution in [2.24, 2.45) is 11.1 Å². The van der Waals surface area contributed by atoms with Crippen molar-refractivity contribution in [3.63, 3.8) is 0 Å². The van der Waals surface area contributed by atoms with Gasteiger partial charge in [0.15, 0.2) is 6.29 Å². The first-order valence-electron chi connectivity index (χ1n) is 8.69. The highest BCUT2D eigenvalue weighted by molar-refractivity contribution is 5.77. The molecule has 2 N–H and O–H groups in total. The van der Waals surface area contributed by atoms with Crippen LogP contribution in [0.5, 0.6) is 0 Å². The largest absolute Gasteiger partial charge is 0.436 e. The summed E-state index contributed by atoms with van der Waals surface area (Å²) in [6.07, 6.45) is 0.786. The van der Waals surface area contributed by atoms with Crippen LogP contribution >= 0.6 is 0 Å². The van der Waals surface area contributed by atoms with Crippen molar-refractivity contribution in [3.05, 3.63) is 60.2 Å². The fraction of sp³-hybridized carbons (Fsp3) is 0.381. The van der Waals surface area contributed by atoms with E-state index in [0.717, 1.165) is 5.56 Å². The lowest BCUT2D eigenvalue weighted by Gasteiger charge is -2.35. The molecule has 0 aliphatic carbocycles. The highest BCUT2D eigenvalue weighted by Crippen LogP contribution is 2.31. The molecule has 0 unspecified atom stereocenters. The van der Waals surface area contributed by atoms with Gasteiger partial charge in [-0.15, -0.1) is 0 Å². The third-order valence-electron chi connectivity index (χ3n) is 4.67. The molecule has 25 heavy (non-hydrogen) atoms. The SMILES string of the molecule is C[C@@H]1OC[C@](C)(C[C@H](N)Cc2ccc(-c3ccccc3)cc2)C(=O)O1. The Morgan fingerprint density at radius 2 is 1.76 bits per heavy atom. The van der Waals surface area contributed by atoms with E-state index in [-0.39, 0.29) is 12.0 Å². The fourth-order valence-corrected chi connectivity index (χ4v) is 3.25. The van der Waals surface area contributed by atoms with Crippen LogP contribution in [-0.4, -0.2) is 24.9 Å². The standard InChI is InChI=1S/C21H25NO3/c1-15-24-14-21(2,20(23)25-15)13-19(22)12-16-8-10-18(11-9-16)17-6-4-3-5-7-17/h3-11,15,19H,12-14,22H2,1-2H3/t15-,19-,21+/m1/s1. The Hall–Kier alpha value is -2.17. The van der Waals surface area contributed by atoms with Gasteiger partial charge < -0.3 is 15.2 Å². The normalized spacial score (nSPS) is 24.6. The lowest BCUT2D eigenvalue weighted by atomic mass is 9.82. The van der Waals surface area contributed by atoms with Crippen LogP contribution in [0, 0.1) is 5.41 Å². The molecule has 1 saturated heterocycles. The number of carbonyl (C=O) groups excluding carboxylic acids is 1. The van der Waals surface area contributed by atoms with Gasteiger partial charge in [-0.2, -0.15) is 0 Å². The first-order valence-corrected chi connectivity index (χ1v) is 8.69. The van der Waals surface area contributed by atoms with E-state index in [2.05, 4.69) is 36.4 Å². The van der Waals surface area contributed by atoms with Crippen LogP contribution in [-0.2, 0) is 20.7 Å². The molecule has 2 aromatic carbocycles. The number of ether oxygens (including phenoxy) is 2. The molecule has 1 fully saturated rings. The van der Waals surface area contributed by atoms with Gasteiger partial charge in [-0.25, -0.2) is 0 Å². The Labute approximate surface area is 148 Å². The van der Waals surface area contributed by atoms with Gasteiger partial charge >= 0.3 is 5.97 Å². The van der Waals surface area contributed by atoms with Crippen LogP contribution < -0.4 is 5.73 Å². The van der Waals surface area contributed by atoms with E-state index < -0.39 is 11.7 Å². The van der Waals surface area contributed by atoms with Crippen LogP contribution in [0.15, 0.2) is 54.6 Å². The van der Waals surface area contributed by atoms with Gasteiger partial charge in [0.1, 0.15) is 0 Å². The number of hydrogen-bond donors (Lipinski definition) is 1. The number of cyclic esters (lactones) is 1. The zero-order valence-corrected chi connectivity index (χ0v) is 14.8. The fourth-order valence-electron chi connectivity index (χ4n) is 3.25. The zero-order chi connectivity index (χ0) is 17.9. The Balaban J connectivity index is 1.61. The molecule has 1 heterocycles. The monoisotopic (exact) mass is 339 g/mol. The van der Waals surface area contributed by atoms with E-state index in [1.54, 1.807) is 6.92 Å². The molecule has 0 spiro atoms. The maximum Gasteiger partial charge on any atom is 0.316 e. The highest BCUT2D eigenvalue weighted by atomic mass is 16.7. The van der Waals surface area contributed by atoms with Gasteiger partial charge in [0, 0.05) is 6.04 Å². The summed E-state index contributed by atoms with van der Waals surface area (Å²) in [6, 6.07) is 18.6. The molecule has 0 aromatic heterocycles. The Kier molecular flexibility index (Phi) is 5.21. The van der Waals surface area contributed by atoms with E-state index in [9.17, 15) is 4.79 Å². The van der Waals surface area contributed by atoms with E-state index in [1.165, 1.54) is 11.1 Å². The maximum atomic E-state index is 12.2. The molecule has 0 amide bonds. The first kappa shape index (κ1) is 17.6. The van der Waals surface area contributed by atoms with Gasteiger partial charge in [0.25, 0.3) is 0 Å². The molecular formula is C21H25NO3. The minimum absolute atomic E-state index is 0.128. The minimum atomic E-state index is -0.671. The van der Waals surface area contributed by atoms with Crippen LogP contribution in [0.4, 0.5) is 0 Å². The van der Waals surface area contributed by atoms with Crippen LogP contribution in [0.25, 0.3) is 11.1 Å². The van der Waals surface area contributed by atoms with Crippen molar-refractivity contribution in [1.82, 2.24) is 0 Å². The summed E-state index contributed by atoms with van der Waals surface area (Å²) in [5.41, 5.74) is 9.17. The van der Waals surface area contributed by atoms with Crippen molar-refractivity contribution >= 4 is 5.97 Å². The summed E-state index contributed by atoms with van der Waals surface area (Å²) in [6.45, 7) is 3.94. The molecule has 132 valence electrons. The molecule has 1 aliphatic heterocycles. The Morgan fingerprint density at radius 3 is 2.40 bits per heavy atom. The van der Waals surface area contributed by atoms with Gasteiger partial charge in [-0.3, -0.25) is 4.79 Å². The maximum absolute atomic E-state index is 12.2. The summed E-state index contributed by atoms with van der Waals surface area (Å²) in [5.74, 6) is -0.221. The minimum Gasteiger partial charge on any atom is -0.436 e. The Bertz CT molecular complexity index is 714. The topological polar surface area (TPSA) is 61.5 Å². The number of hydrogen-bond acceptors (Lipinski definition) is 4. The predicted molar refractivity (Wildman–Crippen MR) is 97.8 cm³/mol. The second kappa shape index (κ2) is 7.38. The molecule has 0 bridgehead atoms. The Morgan fingerprint density at radius 1 is 1.12 bits per heavy atom. The molecule has 3 atom stereocenters. The summed E-state index contributed by atoms with van der Waals surface area (Å²) in [5, 5.41) is 0. The average Bonchev–Trinajstić information content (AvgIpc) is 2.60. The molecule has 0 radical (unpaired) electrons. The second-order valence-electron chi connectivity index (χ2n) is 7.08.